The number of phenols is 1. The van der Waals surface area contributed by atoms with Gasteiger partial charge in [-0.05, 0) is 24.6 Å². The summed E-state index contributed by atoms with van der Waals surface area (Å²) in [6, 6.07) is 3.19. The largest absolute Gasteiger partial charge is 0.506 e. The summed E-state index contributed by atoms with van der Waals surface area (Å²) >= 11 is 13.6. The molecule has 0 atom stereocenters. The van der Waals surface area contributed by atoms with Crippen molar-refractivity contribution < 1.29 is 5.11 Å². The summed E-state index contributed by atoms with van der Waals surface area (Å²) in [4.78, 5) is 11.0. The van der Waals surface area contributed by atoms with Crippen LogP contribution in [0.4, 0.5) is 11.5 Å². The highest BCUT2D eigenvalue weighted by Gasteiger charge is 2.20. The van der Waals surface area contributed by atoms with Crippen LogP contribution in [0.5, 0.6) is 5.75 Å². The number of benzene rings is 1. The van der Waals surface area contributed by atoms with Crippen LogP contribution < -0.4 is 10.6 Å². The lowest BCUT2D eigenvalue weighted by atomic mass is 10.1. The summed E-state index contributed by atoms with van der Waals surface area (Å²) in [5, 5.41) is 17.9. The number of phenolic OH excluding ortho intramolecular Hbond substituents is 1. The van der Waals surface area contributed by atoms with Crippen molar-refractivity contribution in [2.24, 2.45) is 0 Å². The fourth-order valence-electron chi connectivity index (χ4n) is 2.74. The average molecular weight is 404 g/mol. The molecule has 0 spiro atoms. The molecule has 0 saturated heterocycles. The van der Waals surface area contributed by atoms with Crippen molar-refractivity contribution in [2.75, 3.05) is 11.9 Å². The zero-order chi connectivity index (χ0) is 16.0. The third-order valence-corrected chi connectivity index (χ3v) is 5.71. The molecule has 24 heavy (non-hydrogen) atoms. The first-order valence-corrected chi connectivity index (χ1v) is 8.61. The zero-order valence-corrected chi connectivity index (χ0v) is 15.4. The molecule has 2 aromatic heterocycles. The van der Waals surface area contributed by atoms with E-state index in [0.29, 0.717) is 11.5 Å². The predicted octanol–water partition coefficient (Wildman–Crippen LogP) is 4.51. The fraction of sp³-hybridized carbons (Fsp3) is 0.200. The molecule has 0 amide bonds. The van der Waals surface area contributed by atoms with E-state index in [9.17, 15) is 5.11 Å². The van der Waals surface area contributed by atoms with E-state index in [1.165, 1.54) is 22.8 Å². The third kappa shape index (κ3) is 3.00. The van der Waals surface area contributed by atoms with Crippen molar-refractivity contribution in [2.45, 2.75) is 13.0 Å². The lowest BCUT2D eigenvalue weighted by Crippen LogP contribution is -2.22. The second kappa shape index (κ2) is 6.90. The second-order valence-electron chi connectivity index (χ2n) is 5.25. The number of anilines is 2. The molecule has 1 aromatic carbocycles. The molecular weight excluding hydrogens is 391 g/mol. The van der Waals surface area contributed by atoms with Crippen LogP contribution in [-0.4, -0.2) is 21.6 Å². The van der Waals surface area contributed by atoms with E-state index in [-0.39, 0.29) is 28.2 Å². The molecule has 0 bridgehead atoms. The number of nitrogens with one attached hydrogen (secondary N) is 2. The molecule has 9 heteroatoms. The Balaban J connectivity index is 0.00000169. The number of halogens is 3. The number of aromatic nitrogens is 2. The van der Waals surface area contributed by atoms with E-state index in [2.05, 4.69) is 20.6 Å². The minimum Gasteiger partial charge on any atom is -0.506 e. The summed E-state index contributed by atoms with van der Waals surface area (Å²) in [7, 11) is 0. The van der Waals surface area contributed by atoms with Gasteiger partial charge in [-0.3, -0.25) is 0 Å². The first kappa shape index (κ1) is 17.5. The normalized spacial score (nSPS) is 13.4. The Labute approximate surface area is 158 Å². The molecular formula is C15H13Cl3N4OS. The monoisotopic (exact) mass is 402 g/mol. The van der Waals surface area contributed by atoms with E-state index >= 15 is 0 Å². The molecule has 0 unspecified atom stereocenters. The molecule has 0 fully saturated rings. The van der Waals surface area contributed by atoms with Crippen LogP contribution in [0, 0.1) is 0 Å². The number of aromatic hydroxyl groups is 1. The van der Waals surface area contributed by atoms with Crippen molar-refractivity contribution in [1.29, 1.82) is 0 Å². The Morgan fingerprint density at radius 2 is 2.08 bits per heavy atom. The molecule has 1 aliphatic rings. The highest BCUT2D eigenvalue weighted by molar-refractivity contribution is 7.19. The maximum absolute atomic E-state index is 9.83. The molecule has 3 aromatic rings. The van der Waals surface area contributed by atoms with Gasteiger partial charge in [0.25, 0.3) is 0 Å². The summed E-state index contributed by atoms with van der Waals surface area (Å²) in [6.45, 7) is 1.81. The van der Waals surface area contributed by atoms with Crippen LogP contribution in [0.3, 0.4) is 0 Å². The first-order chi connectivity index (χ1) is 11.1. The van der Waals surface area contributed by atoms with Gasteiger partial charge in [0.15, 0.2) is 0 Å². The Bertz CT molecular complexity index is 892. The van der Waals surface area contributed by atoms with E-state index in [1.807, 2.05) is 0 Å². The summed E-state index contributed by atoms with van der Waals surface area (Å²) in [5.74, 6) is 0.649. The second-order valence-corrected chi connectivity index (χ2v) is 7.12. The van der Waals surface area contributed by atoms with Gasteiger partial charge in [-0.2, -0.15) is 0 Å². The molecule has 3 N–H and O–H groups in total. The zero-order valence-electron chi connectivity index (χ0n) is 12.3. The highest BCUT2D eigenvalue weighted by atomic mass is 35.5. The van der Waals surface area contributed by atoms with Crippen LogP contribution in [0.15, 0.2) is 18.5 Å². The lowest BCUT2D eigenvalue weighted by molar-refractivity contribution is 0.476. The Morgan fingerprint density at radius 1 is 1.25 bits per heavy atom. The third-order valence-electron chi connectivity index (χ3n) is 3.78. The van der Waals surface area contributed by atoms with E-state index in [0.717, 1.165) is 29.7 Å². The SMILES string of the molecule is Cl.Oc1cc(Nc2ncnc3sc4c(c23)CCNC4)cc(Cl)c1Cl. The van der Waals surface area contributed by atoms with Crippen molar-refractivity contribution >= 4 is 68.7 Å². The van der Waals surface area contributed by atoms with Gasteiger partial charge in [-0.1, -0.05) is 23.2 Å². The number of hydrogen-bond donors (Lipinski definition) is 3. The smallest absolute Gasteiger partial charge is 0.142 e. The van der Waals surface area contributed by atoms with Gasteiger partial charge in [-0.15, -0.1) is 23.7 Å². The molecule has 0 radical (unpaired) electrons. The number of hydrogen-bond acceptors (Lipinski definition) is 6. The minimum absolute atomic E-state index is 0. The molecule has 0 aliphatic carbocycles. The fourth-order valence-corrected chi connectivity index (χ4v) is 4.22. The van der Waals surface area contributed by atoms with Gasteiger partial charge in [-0.25, -0.2) is 9.97 Å². The summed E-state index contributed by atoms with van der Waals surface area (Å²) in [6.07, 6.45) is 2.49. The number of nitrogens with zero attached hydrogens (tertiary/aromatic N) is 2. The van der Waals surface area contributed by atoms with Crippen LogP contribution >= 0.6 is 46.9 Å². The van der Waals surface area contributed by atoms with E-state index < -0.39 is 0 Å². The van der Waals surface area contributed by atoms with Crippen molar-refractivity contribution in [1.82, 2.24) is 15.3 Å². The van der Waals surface area contributed by atoms with Gasteiger partial charge in [0.1, 0.15) is 27.7 Å². The van der Waals surface area contributed by atoms with Crippen molar-refractivity contribution in [3.8, 4) is 5.75 Å². The van der Waals surface area contributed by atoms with Gasteiger partial charge < -0.3 is 15.7 Å². The Hall–Kier alpha value is -1.31. The van der Waals surface area contributed by atoms with Gasteiger partial charge in [0, 0.05) is 23.2 Å². The number of thiophene rings is 1. The van der Waals surface area contributed by atoms with E-state index in [4.69, 9.17) is 23.2 Å². The standard InChI is InChI=1S/C15H12Cl2N4OS.ClH/c16-9-3-7(4-10(22)13(9)17)21-14-12-8-1-2-18-5-11(8)23-15(12)20-6-19-14;/h3-4,6,18,22H,1-2,5H2,(H,19,20,21);1H. The van der Waals surface area contributed by atoms with Crippen LogP contribution in [-0.2, 0) is 13.0 Å². The molecule has 126 valence electrons. The number of fused-ring (bicyclic) bond motifs is 3. The van der Waals surface area contributed by atoms with Crippen molar-refractivity contribution in [3.05, 3.63) is 38.9 Å². The maximum atomic E-state index is 9.83. The molecule has 3 heterocycles. The Morgan fingerprint density at radius 3 is 2.88 bits per heavy atom. The highest BCUT2D eigenvalue weighted by Crippen LogP contribution is 2.39. The molecule has 0 saturated carbocycles. The van der Waals surface area contributed by atoms with Crippen LogP contribution in [0.1, 0.15) is 10.4 Å². The predicted molar refractivity (Wildman–Crippen MR) is 101 cm³/mol. The van der Waals surface area contributed by atoms with Gasteiger partial charge in [0.05, 0.1) is 10.4 Å². The molecule has 1 aliphatic heterocycles. The topological polar surface area (TPSA) is 70.1 Å². The van der Waals surface area contributed by atoms with Gasteiger partial charge >= 0.3 is 0 Å². The lowest BCUT2D eigenvalue weighted by Gasteiger charge is -2.14. The molecule has 5 nitrogen and oxygen atoms in total. The summed E-state index contributed by atoms with van der Waals surface area (Å²) in [5.41, 5.74) is 1.92. The maximum Gasteiger partial charge on any atom is 0.142 e. The van der Waals surface area contributed by atoms with Crippen molar-refractivity contribution in [3.63, 3.8) is 0 Å². The first-order valence-electron chi connectivity index (χ1n) is 7.04. The minimum atomic E-state index is -0.0662. The summed E-state index contributed by atoms with van der Waals surface area (Å²) < 4.78 is 0. The quantitative estimate of drug-likeness (QED) is 0.587. The Kier molecular flexibility index (Phi) is 5.03. The molecule has 4 rings (SSSR count). The van der Waals surface area contributed by atoms with E-state index in [1.54, 1.807) is 17.4 Å². The van der Waals surface area contributed by atoms with Gasteiger partial charge in [0.2, 0.25) is 0 Å². The van der Waals surface area contributed by atoms with Crippen LogP contribution in [0.2, 0.25) is 10.0 Å². The van der Waals surface area contributed by atoms with Crippen LogP contribution in [0.25, 0.3) is 10.2 Å². The average Bonchev–Trinajstić information content (AvgIpc) is 2.92. The number of rotatable bonds is 2.